The first-order valence-corrected chi connectivity index (χ1v) is 9.31. The zero-order valence-electron chi connectivity index (χ0n) is 15.5. The van der Waals surface area contributed by atoms with Crippen LogP contribution in [0.5, 0.6) is 0 Å². The van der Waals surface area contributed by atoms with Gasteiger partial charge in [0, 0.05) is 18.5 Å². The van der Waals surface area contributed by atoms with Crippen LogP contribution in [0.4, 0.5) is 4.79 Å². The number of aliphatic hydroxyl groups is 1. The summed E-state index contributed by atoms with van der Waals surface area (Å²) < 4.78 is 5.34. The van der Waals surface area contributed by atoms with Gasteiger partial charge in [0.05, 0.1) is 18.1 Å². The Kier molecular flexibility index (Phi) is 5.08. The van der Waals surface area contributed by atoms with E-state index in [0.29, 0.717) is 24.7 Å². The first-order chi connectivity index (χ1) is 13.6. The highest BCUT2D eigenvalue weighted by Gasteiger charge is 2.31. The summed E-state index contributed by atoms with van der Waals surface area (Å²) in [5.74, 6) is 0.847. The number of fused-ring (bicyclic) bond motifs is 1. The third-order valence-corrected chi connectivity index (χ3v) is 4.95. The van der Waals surface area contributed by atoms with Crippen LogP contribution in [0, 0.1) is 0 Å². The van der Waals surface area contributed by atoms with Crippen LogP contribution in [0.2, 0.25) is 0 Å². The molecule has 2 amide bonds. The zero-order chi connectivity index (χ0) is 19.5. The van der Waals surface area contributed by atoms with Crippen molar-refractivity contribution in [3.8, 4) is 11.4 Å². The van der Waals surface area contributed by atoms with E-state index in [4.69, 9.17) is 4.52 Å². The fraction of sp³-hybridized carbons (Fsp3) is 0.286. The minimum Gasteiger partial charge on any atom is -0.390 e. The second-order valence-electron chi connectivity index (χ2n) is 7.03. The van der Waals surface area contributed by atoms with E-state index in [1.54, 1.807) is 0 Å². The van der Waals surface area contributed by atoms with Crippen LogP contribution < -0.4 is 10.6 Å². The number of nitrogens with one attached hydrogen (secondary N) is 2. The molecule has 1 heterocycles. The number of amides is 2. The minimum absolute atomic E-state index is 0.142. The molecule has 1 aliphatic carbocycles. The number of rotatable bonds is 5. The van der Waals surface area contributed by atoms with E-state index >= 15 is 0 Å². The molecule has 0 aliphatic heterocycles. The van der Waals surface area contributed by atoms with Crippen molar-refractivity contribution in [2.45, 2.75) is 31.4 Å². The molecule has 144 valence electrons. The van der Waals surface area contributed by atoms with Gasteiger partial charge in [0.1, 0.15) is 0 Å². The fourth-order valence-electron chi connectivity index (χ4n) is 3.41. The molecule has 1 aromatic heterocycles. The third-order valence-electron chi connectivity index (χ3n) is 4.95. The number of hydrogen-bond donors (Lipinski definition) is 3. The highest BCUT2D eigenvalue weighted by molar-refractivity contribution is 5.75. The second-order valence-corrected chi connectivity index (χ2v) is 7.03. The molecule has 1 aliphatic rings. The lowest BCUT2D eigenvalue weighted by Crippen LogP contribution is -2.42. The maximum Gasteiger partial charge on any atom is 0.315 e. The van der Waals surface area contributed by atoms with Crippen molar-refractivity contribution in [3.63, 3.8) is 0 Å². The monoisotopic (exact) mass is 378 g/mol. The number of urea groups is 1. The number of nitrogens with zero attached hydrogens (tertiary/aromatic N) is 2. The van der Waals surface area contributed by atoms with Crippen LogP contribution in [0.15, 0.2) is 59.1 Å². The number of aromatic nitrogens is 2. The van der Waals surface area contributed by atoms with Gasteiger partial charge >= 0.3 is 6.03 Å². The van der Waals surface area contributed by atoms with Crippen LogP contribution in [0.25, 0.3) is 11.4 Å². The Morgan fingerprint density at radius 1 is 1.21 bits per heavy atom. The largest absolute Gasteiger partial charge is 0.390 e. The molecule has 0 saturated carbocycles. The Morgan fingerprint density at radius 2 is 1.96 bits per heavy atom. The van der Waals surface area contributed by atoms with Gasteiger partial charge in [-0.1, -0.05) is 66.7 Å². The summed E-state index contributed by atoms with van der Waals surface area (Å²) in [5.41, 5.74) is 2.90. The van der Waals surface area contributed by atoms with Crippen molar-refractivity contribution in [3.05, 3.63) is 71.6 Å². The standard InChI is InChI=1S/C21H22N4O3/c1-13(20-24-19(25-28-20)14-7-3-2-4-8-14)12-22-21(27)23-18-16-10-6-5-9-15(16)11-17(18)26/h2-10,13,17-18,26H,11-12H2,1H3,(H2,22,23,27)/t13?,17-,18+/m1/s1. The normalized spacial score (nSPS) is 19.1. The van der Waals surface area contributed by atoms with E-state index in [2.05, 4.69) is 20.8 Å². The smallest absolute Gasteiger partial charge is 0.315 e. The van der Waals surface area contributed by atoms with E-state index < -0.39 is 12.1 Å². The predicted molar refractivity (Wildman–Crippen MR) is 104 cm³/mol. The maximum absolute atomic E-state index is 12.3. The molecule has 0 bridgehead atoms. The Hall–Kier alpha value is -3.19. The number of benzene rings is 2. The van der Waals surface area contributed by atoms with E-state index in [9.17, 15) is 9.90 Å². The number of hydrogen-bond acceptors (Lipinski definition) is 5. The second kappa shape index (κ2) is 7.82. The van der Waals surface area contributed by atoms with Gasteiger partial charge in [0.25, 0.3) is 0 Å². The van der Waals surface area contributed by atoms with Gasteiger partial charge in [-0.05, 0) is 11.1 Å². The molecular weight excluding hydrogens is 356 g/mol. The zero-order valence-corrected chi connectivity index (χ0v) is 15.5. The first kappa shape index (κ1) is 18.2. The molecule has 0 spiro atoms. The highest BCUT2D eigenvalue weighted by Crippen LogP contribution is 2.31. The summed E-state index contributed by atoms with van der Waals surface area (Å²) in [6.07, 6.45) is -0.0770. The maximum atomic E-state index is 12.3. The molecule has 28 heavy (non-hydrogen) atoms. The topological polar surface area (TPSA) is 100 Å². The van der Waals surface area contributed by atoms with Gasteiger partial charge in [-0.2, -0.15) is 4.98 Å². The van der Waals surface area contributed by atoms with E-state index in [-0.39, 0.29) is 11.9 Å². The van der Waals surface area contributed by atoms with Gasteiger partial charge in [0.2, 0.25) is 11.7 Å². The minimum atomic E-state index is -0.620. The summed E-state index contributed by atoms with van der Waals surface area (Å²) in [6.45, 7) is 2.25. The molecule has 4 rings (SSSR count). The third kappa shape index (κ3) is 3.75. The first-order valence-electron chi connectivity index (χ1n) is 9.31. The summed E-state index contributed by atoms with van der Waals surface area (Å²) in [4.78, 5) is 16.7. The fourth-order valence-corrected chi connectivity index (χ4v) is 3.41. The molecule has 0 saturated heterocycles. The molecule has 7 heteroatoms. The molecule has 1 unspecified atom stereocenters. The highest BCUT2D eigenvalue weighted by atomic mass is 16.5. The Balaban J connectivity index is 1.33. The lowest BCUT2D eigenvalue weighted by Gasteiger charge is -2.19. The summed E-state index contributed by atoms with van der Waals surface area (Å²) in [7, 11) is 0. The molecule has 3 N–H and O–H groups in total. The quantitative estimate of drug-likeness (QED) is 0.634. The van der Waals surface area contributed by atoms with Gasteiger partial charge < -0.3 is 20.3 Å². The molecule has 7 nitrogen and oxygen atoms in total. The van der Waals surface area contributed by atoms with Crippen LogP contribution >= 0.6 is 0 Å². The summed E-state index contributed by atoms with van der Waals surface area (Å²) >= 11 is 0. The van der Waals surface area contributed by atoms with Gasteiger partial charge in [-0.3, -0.25) is 0 Å². The van der Waals surface area contributed by atoms with Crippen LogP contribution in [0.3, 0.4) is 0 Å². The molecule has 3 atom stereocenters. The van der Waals surface area contributed by atoms with Crippen molar-refractivity contribution >= 4 is 6.03 Å². The number of aliphatic hydroxyl groups excluding tert-OH is 1. The number of carbonyl (C=O) groups excluding carboxylic acids is 1. The number of carbonyl (C=O) groups is 1. The van der Waals surface area contributed by atoms with Crippen LogP contribution in [0.1, 0.15) is 35.9 Å². The Labute approximate surface area is 162 Å². The van der Waals surface area contributed by atoms with Gasteiger partial charge in [-0.25, -0.2) is 4.79 Å². The van der Waals surface area contributed by atoms with Crippen molar-refractivity contribution in [2.24, 2.45) is 0 Å². The van der Waals surface area contributed by atoms with Crippen LogP contribution in [-0.2, 0) is 6.42 Å². The SMILES string of the molecule is CC(CNC(=O)N[C@H]1c2ccccc2C[C@H]1O)c1nc(-c2ccccc2)no1. The van der Waals surface area contributed by atoms with Crippen LogP contribution in [-0.4, -0.2) is 33.9 Å². The molecule has 0 radical (unpaired) electrons. The van der Waals surface area contributed by atoms with Crippen molar-refractivity contribution in [2.75, 3.05) is 6.54 Å². The lowest BCUT2D eigenvalue weighted by atomic mass is 10.1. The average molecular weight is 378 g/mol. The summed E-state index contributed by atoms with van der Waals surface area (Å²) in [5, 5.41) is 19.9. The van der Waals surface area contributed by atoms with E-state index in [1.807, 2.05) is 61.5 Å². The van der Waals surface area contributed by atoms with Gasteiger partial charge in [-0.15, -0.1) is 0 Å². The molecule has 0 fully saturated rings. The Morgan fingerprint density at radius 3 is 2.79 bits per heavy atom. The summed E-state index contributed by atoms with van der Waals surface area (Å²) in [6, 6.07) is 16.6. The van der Waals surface area contributed by atoms with E-state index in [0.717, 1.165) is 16.7 Å². The lowest BCUT2D eigenvalue weighted by molar-refractivity contribution is 0.142. The van der Waals surface area contributed by atoms with Crippen molar-refractivity contribution in [1.82, 2.24) is 20.8 Å². The average Bonchev–Trinajstić information content (AvgIpc) is 3.32. The molecular formula is C21H22N4O3. The predicted octanol–water partition coefficient (Wildman–Crippen LogP) is 2.80. The molecule has 2 aromatic carbocycles. The van der Waals surface area contributed by atoms with Crippen molar-refractivity contribution < 1.29 is 14.4 Å². The Bertz CT molecular complexity index is 957. The van der Waals surface area contributed by atoms with Crippen molar-refractivity contribution in [1.29, 1.82) is 0 Å². The molecule has 3 aromatic rings. The van der Waals surface area contributed by atoms with E-state index in [1.165, 1.54) is 0 Å². The van der Waals surface area contributed by atoms with Gasteiger partial charge in [0.15, 0.2) is 0 Å².